The Labute approximate surface area is 204 Å². The van der Waals surface area contributed by atoms with E-state index in [1.54, 1.807) is 12.1 Å². The van der Waals surface area contributed by atoms with Crippen molar-refractivity contribution >= 4 is 17.6 Å². The van der Waals surface area contributed by atoms with Crippen LogP contribution in [0.15, 0.2) is 48.5 Å². The number of hydrogen-bond acceptors (Lipinski definition) is 4. The molecule has 2 aromatic carbocycles. The summed E-state index contributed by atoms with van der Waals surface area (Å²) < 4.78 is 15.2. The van der Waals surface area contributed by atoms with E-state index >= 15 is 0 Å². The molecule has 1 aliphatic rings. The summed E-state index contributed by atoms with van der Waals surface area (Å²) in [6.45, 7) is 3.11. The van der Waals surface area contributed by atoms with Crippen molar-refractivity contribution in [3.63, 3.8) is 0 Å². The van der Waals surface area contributed by atoms with Crippen LogP contribution in [0.1, 0.15) is 50.4 Å². The van der Waals surface area contributed by atoms with E-state index < -0.39 is 12.1 Å². The first kappa shape index (κ1) is 24.4. The monoisotopic (exact) mass is 478 g/mol. The summed E-state index contributed by atoms with van der Waals surface area (Å²) in [5, 5.41) is 17.1. The van der Waals surface area contributed by atoms with Gasteiger partial charge < -0.3 is 20.5 Å². The van der Waals surface area contributed by atoms with Crippen LogP contribution in [-0.4, -0.2) is 32.7 Å². The highest BCUT2D eigenvalue weighted by molar-refractivity contribution is 5.97. The third-order valence-corrected chi connectivity index (χ3v) is 6.09. The third-order valence-electron chi connectivity index (χ3n) is 6.09. The molecule has 0 saturated carbocycles. The van der Waals surface area contributed by atoms with Crippen molar-refractivity contribution < 1.29 is 14.0 Å². The SMILES string of the molecule is CCCC(NC(=O)NCc1ccc(F)cc1)C(=O)Nc1ccc(-c2nnc3n2CCCCC3)cc1. The maximum absolute atomic E-state index is 13.0. The number of halogens is 1. The number of hydrogen-bond donors (Lipinski definition) is 3. The molecule has 9 heteroatoms. The number of benzene rings is 2. The molecule has 8 nitrogen and oxygen atoms in total. The van der Waals surface area contributed by atoms with Gasteiger partial charge >= 0.3 is 6.03 Å². The molecule has 2 heterocycles. The molecule has 35 heavy (non-hydrogen) atoms. The average Bonchev–Trinajstić information content (AvgIpc) is 3.11. The van der Waals surface area contributed by atoms with Gasteiger partial charge in [0.15, 0.2) is 5.82 Å². The largest absolute Gasteiger partial charge is 0.334 e. The second-order valence-electron chi connectivity index (χ2n) is 8.76. The molecule has 1 unspecified atom stereocenters. The highest BCUT2D eigenvalue weighted by atomic mass is 19.1. The van der Waals surface area contributed by atoms with E-state index in [1.807, 2.05) is 31.2 Å². The molecular weight excluding hydrogens is 447 g/mol. The van der Waals surface area contributed by atoms with Crippen LogP contribution >= 0.6 is 0 Å². The summed E-state index contributed by atoms with van der Waals surface area (Å²) in [5.74, 6) is 1.26. The Morgan fingerprint density at radius 2 is 1.80 bits per heavy atom. The fourth-order valence-electron chi connectivity index (χ4n) is 4.18. The highest BCUT2D eigenvalue weighted by Gasteiger charge is 2.20. The van der Waals surface area contributed by atoms with E-state index in [4.69, 9.17) is 0 Å². The average molecular weight is 479 g/mol. The normalized spacial score (nSPS) is 13.9. The van der Waals surface area contributed by atoms with Gasteiger partial charge in [-0.2, -0.15) is 0 Å². The number of nitrogens with one attached hydrogen (secondary N) is 3. The van der Waals surface area contributed by atoms with Crippen LogP contribution in [0.2, 0.25) is 0 Å². The van der Waals surface area contributed by atoms with Gasteiger partial charge in [-0.3, -0.25) is 4.79 Å². The Bertz CT molecular complexity index is 1140. The summed E-state index contributed by atoms with van der Waals surface area (Å²) >= 11 is 0. The second kappa shape index (κ2) is 11.6. The van der Waals surface area contributed by atoms with Gasteiger partial charge in [0.05, 0.1) is 0 Å². The molecule has 0 spiro atoms. The lowest BCUT2D eigenvalue weighted by Crippen LogP contribution is -2.47. The van der Waals surface area contributed by atoms with Crippen LogP contribution in [-0.2, 0) is 24.3 Å². The predicted octanol–water partition coefficient (Wildman–Crippen LogP) is 4.42. The maximum Gasteiger partial charge on any atom is 0.315 e. The Kier molecular flexibility index (Phi) is 8.07. The van der Waals surface area contributed by atoms with Gasteiger partial charge in [-0.1, -0.05) is 31.9 Å². The number of carbonyl (C=O) groups excluding carboxylic acids is 2. The second-order valence-corrected chi connectivity index (χ2v) is 8.76. The first-order valence-corrected chi connectivity index (χ1v) is 12.2. The molecule has 1 aliphatic heterocycles. The fraction of sp³-hybridized carbons (Fsp3) is 0.385. The van der Waals surface area contributed by atoms with Crippen LogP contribution < -0.4 is 16.0 Å². The number of amides is 3. The zero-order chi connectivity index (χ0) is 24.6. The van der Waals surface area contributed by atoms with Crippen molar-refractivity contribution in [2.75, 3.05) is 5.32 Å². The van der Waals surface area contributed by atoms with E-state index in [2.05, 4.69) is 30.7 Å². The summed E-state index contributed by atoms with van der Waals surface area (Å²) in [6.07, 6.45) is 5.64. The lowest BCUT2D eigenvalue weighted by Gasteiger charge is -2.18. The van der Waals surface area contributed by atoms with Gasteiger partial charge in [-0.05, 0) is 61.2 Å². The number of carbonyl (C=O) groups is 2. The molecule has 0 aliphatic carbocycles. The summed E-state index contributed by atoms with van der Waals surface area (Å²) in [5.41, 5.74) is 2.36. The molecular formula is C26H31FN6O2. The van der Waals surface area contributed by atoms with Gasteiger partial charge in [0.1, 0.15) is 17.7 Å². The first-order chi connectivity index (χ1) is 17.0. The number of urea groups is 1. The number of aryl methyl sites for hydroxylation is 1. The zero-order valence-electron chi connectivity index (χ0n) is 19.9. The Balaban J connectivity index is 1.34. The lowest BCUT2D eigenvalue weighted by atomic mass is 10.1. The van der Waals surface area contributed by atoms with Crippen molar-refractivity contribution in [1.29, 1.82) is 0 Å². The van der Waals surface area contributed by atoms with Gasteiger partial charge in [0.25, 0.3) is 0 Å². The molecule has 4 rings (SSSR count). The minimum absolute atomic E-state index is 0.236. The molecule has 3 amide bonds. The zero-order valence-corrected chi connectivity index (χ0v) is 19.9. The van der Waals surface area contributed by atoms with Crippen molar-refractivity contribution in [3.8, 4) is 11.4 Å². The number of aromatic nitrogens is 3. The predicted molar refractivity (Wildman–Crippen MR) is 132 cm³/mol. The molecule has 1 aromatic heterocycles. The molecule has 184 valence electrons. The van der Waals surface area contributed by atoms with Crippen molar-refractivity contribution in [1.82, 2.24) is 25.4 Å². The van der Waals surface area contributed by atoms with Crippen LogP contribution in [0, 0.1) is 5.82 Å². The number of fused-ring (bicyclic) bond motifs is 1. The molecule has 3 aromatic rings. The van der Waals surface area contributed by atoms with Crippen molar-refractivity contribution in [2.24, 2.45) is 0 Å². The molecule has 0 radical (unpaired) electrons. The molecule has 0 bridgehead atoms. The van der Waals surface area contributed by atoms with Crippen LogP contribution in [0.4, 0.5) is 14.9 Å². The minimum atomic E-state index is -0.680. The minimum Gasteiger partial charge on any atom is -0.334 e. The third kappa shape index (κ3) is 6.44. The topological polar surface area (TPSA) is 101 Å². The quantitative estimate of drug-likeness (QED) is 0.446. The molecule has 3 N–H and O–H groups in total. The molecule has 0 fully saturated rings. The van der Waals surface area contributed by atoms with Crippen LogP contribution in [0.5, 0.6) is 0 Å². The highest BCUT2D eigenvalue weighted by Crippen LogP contribution is 2.24. The van der Waals surface area contributed by atoms with E-state index in [0.717, 1.165) is 55.0 Å². The molecule has 0 saturated heterocycles. The molecule has 1 atom stereocenters. The first-order valence-electron chi connectivity index (χ1n) is 12.2. The maximum atomic E-state index is 13.0. The smallest absolute Gasteiger partial charge is 0.315 e. The fourth-order valence-corrected chi connectivity index (χ4v) is 4.18. The van der Waals surface area contributed by atoms with Crippen molar-refractivity contribution in [2.45, 2.75) is 64.6 Å². The lowest BCUT2D eigenvalue weighted by molar-refractivity contribution is -0.118. The van der Waals surface area contributed by atoms with Gasteiger partial charge in [-0.25, -0.2) is 9.18 Å². The van der Waals surface area contributed by atoms with Gasteiger partial charge in [0.2, 0.25) is 5.91 Å². The van der Waals surface area contributed by atoms with Crippen LogP contribution in [0.3, 0.4) is 0 Å². The van der Waals surface area contributed by atoms with E-state index in [0.29, 0.717) is 12.1 Å². The van der Waals surface area contributed by atoms with Gasteiger partial charge in [-0.15, -0.1) is 10.2 Å². The van der Waals surface area contributed by atoms with Gasteiger partial charge in [0, 0.05) is 30.8 Å². The Hall–Kier alpha value is -3.75. The standard InChI is InChI=1S/C26H31FN6O2/c1-2-6-22(30-26(35)28-17-18-8-12-20(27)13-9-18)25(34)29-21-14-10-19(11-15-21)24-32-31-23-7-4-3-5-16-33(23)24/h8-15,22H,2-7,16-17H2,1H3,(H,29,34)(H2,28,30,35). The summed E-state index contributed by atoms with van der Waals surface area (Å²) in [4.78, 5) is 25.2. The number of nitrogens with zero attached hydrogens (tertiary/aromatic N) is 3. The van der Waals surface area contributed by atoms with Crippen molar-refractivity contribution in [3.05, 3.63) is 65.7 Å². The number of rotatable bonds is 8. The number of anilines is 1. The van der Waals surface area contributed by atoms with E-state index in [9.17, 15) is 14.0 Å². The summed E-state index contributed by atoms with van der Waals surface area (Å²) in [6, 6.07) is 12.3. The summed E-state index contributed by atoms with van der Waals surface area (Å²) in [7, 11) is 0. The van der Waals surface area contributed by atoms with E-state index in [-0.39, 0.29) is 18.3 Å². The Morgan fingerprint density at radius 1 is 1.03 bits per heavy atom. The Morgan fingerprint density at radius 3 is 2.54 bits per heavy atom. The van der Waals surface area contributed by atoms with Crippen LogP contribution in [0.25, 0.3) is 11.4 Å². The van der Waals surface area contributed by atoms with E-state index in [1.165, 1.54) is 18.6 Å².